The fourth-order valence-corrected chi connectivity index (χ4v) is 2.65. The Morgan fingerprint density at radius 2 is 1.80 bits per heavy atom. The molecule has 9 heteroatoms. The summed E-state index contributed by atoms with van der Waals surface area (Å²) >= 11 is 0. The van der Waals surface area contributed by atoms with E-state index in [2.05, 4.69) is 10.3 Å². The average molecular weight is 339 g/mol. The number of nitrogens with one attached hydrogen (secondary N) is 2. The minimum atomic E-state index is -0.840. The van der Waals surface area contributed by atoms with E-state index in [0.29, 0.717) is 22.0 Å². The van der Waals surface area contributed by atoms with Crippen LogP contribution < -0.4 is 16.8 Å². The number of carbonyl (C=O) groups excluding carboxylic acids is 2. The standard InChI is InChI=1S/C16H13N5O4/c17-14(22)13-11-5-4-9(7-12(11)19-15(13)20-16(18)23)8-2-1-3-10(6-8)21(24)25/h1-7,19H,(H2,17,22)(H3,18,20,23). The Balaban J connectivity index is 2.14. The number of nitrogens with zero attached hydrogens (tertiary/aromatic N) is 1. The first-order chi connectivity index (χ1) is 11.9. The SMILES string of the molecule is NC(=O)Nc1[nH]c2cc(-c3cccc([N+](=O)[O-])c3)ccc2c1C(N)=O. The summed E-state index contributed by atoms with van der Waals surface area (Å²) < 4.78 is 0. The molecule has 126 valence electrons. The summed E-state index contributed by atoms with van der Waals surface area (Å²) in [5.74, 6) is -0.621. The van der Waals surface area contributed by atoms with Crippen LogP contribution in [0.25, 0.3) is 22.0 Å². The van der Waals surface area contributed by atoms with Crippen LogP contribution in [0.3, 0.4) is 0 Å². The van der Waals surface area contributed by atoms with Crippen molar-refractivity contribution in [3.8, 4) is 11.1 Å². The van der Waals surface area contributed by atoms with Crippen molar-refractivity contribution in [2.45, 2.75) is 0 Å². The van der Waals surface area contributed by atoms with Crippen LogP contribution in [0.1, 0.15) is 10.4 Å². The molecule has 3 aromatic rings. The van der Waals surface area contributed by atoms with E-state index >= 15 is 0 Å². The normalized spacial score (nSPS) is 10.6. The van der Waals surface area contributed by atoms with Gasteiger partial charge >= 0.3 is 6.03 Å². The summed E-state index contributed by atoms with van der Waals surface area (Å²) in [5, 5.41) is 13.7. The lowest BCUT2D eigenvalue weighted by atomic mass is 10.0. The maximum Gasteiger partial charge on any atom is 0.317 e. The van der Waals surface area contributed by atoms with Crippen LogP contribution in [0.4, 0.5) is 16.3 Å². The van der Waals surface area contributed by atoms with E-state index in [-0.39, 0.29) is 17.1 Å². The van der Waals surface area contributed by atoms with Crippen LogP contribution in [0, 0.1) is 10.1 Å². The minimum absolute atomic E-state index is 0.0296. The van der Waals surface area contributed by atoms with Crippen LogP contribution in [0.5, 0.6) is 0 Å². The number of hydrogen-bond acceptors (Lipinski definition) is 4. The summed E-state index contributed by atoms with van der Waals surface area (Å²) in [4.78, 5) is 36.1. The zero-order valence-electron chi connectivity index (χ0n) is 12.8. The van der Waals surface area contributed by atoms with E-state index in [9.17, 15) is 19.7 Å². The second-order valence-electron chi connectivity index (χ2n) is 5.30. The van der Waals surface area contributed by atoms with Gasteiger partial charge in [-0.1, -0.05) is 24.3 Å². The molecule has 0 aliphatic carbocycles. The predicted molar refractivity (Wildman–Crippen MR) is 92.1 cm³/mol. The number of aromatic nitrogens is 1. The van der Waals surface area contributed by atoms with Crippen molar-refractivity contribution < 1.29 is 14.5 Å². The van der Waals surface area contributed by atoms with E-state index in [1.807, 2.05) is 0 Å². The molecule has 0 aliphatic heterocycles. The van der Waals surface area contributed by atoms with Crippen molar-refractivity contribution in [2.24, 2.45) is 11.5 Å². The molecule has 0 saturated carbocycles. The van der Waals surface area contributed by atoms with Gasteiger partial charge in [-0.15, -0.1) is 0 Å². The quantitative estimate of drug-likeness (QED) is 0.425. The van der Waals surface area contributed by atoms with Gasteiger partial charge in [0.25, 0.3) is 11.6 Å². The first-order valence-electron chi connectivity index (χ1n) is 7.13. The molecular weight excluding hydrogens is 326 g/mol. The maximum absolute atomic E-state index is 11.7. The molecule has 0 bridgehead atoms. The molecule has 0 atom stereocenters. The highest BCUT2D eigenvalue weighted by atomic mass is 16.6. The smallest absolute Gasteiger partial charge is 0.317 e. The van der Waals surface area contributed by atoms with E-state index in [1.54, 1.807) is 30.3 Å². The number of aromatic amines is 1. The predicted octanol–water partition coefficient (Wildman–Crippen LogP) is 2.33. The van der Waals surface area contributed by atoms with Crippen molar-refractivity contribution in [3.63, 3.8) is 0 Å². The Kier molecular flexibility index (Phi) is 3.82. The third-order valence-electron chi connectivity index (χ3n) is 3.68. The molecule has 0 unspecified atom stereocenters. The number of nitrogens with two attached hydrogens (primary N) is 2. The topological polar surface area (TPSA) is 157 Å². The number of H-pyrrole nitrogens is 1. The molecule has 1 aromatic heterocycles. The molecule has 1 heterocycles. The molecular formula is C16H13N5O4. The minimum Gasteiger partial charge on any atom is -0.365 e. The number of primary amides is 2. The highest BCUT2D eigenvalue weighted by Gasteiger charge is 2.18. The fraction of sp³-hybridized carbons (Fsp3) is 0. The number of urea groups is 1. The van der Waals surface area contributed by atoms with Gasteiger partial charge in [-0.3, -0.25) is 20.2 Å². The molecule has 25 heavy (non-hydrogen) atoms. The average Bonchev–Trinajstić information content (AvgIpc) is 2.91. The Hall–Kier alpha value is -3.88. The lowest BCUT2D eigenvalue weighted by molar-refractivity contribution is -0.384. The van der Waals surface area contributed by atoms with E-state index in [0.717, 1.165) is 0 Å². The van der Waals surface area contributed by atoms with Crippen molar-refractivity contribution in [1.82, 2.24) is 4.98 Å². The highest BCUT2D eigenvalue weighted by molar-refractivity contribution is 6.13. The van der Waals surface area contributed by atoms with Crippen LogP contribution in [0.15, 0.2) is 42.5 Å². The lowest BCUT2D eigenvalue weighted by Crippen LogP contribution is -2.22. The van der Waals surface area contributed by atoms with Gasteiger partial charge in [-0.05, 0) is 17.2 Å². The van der Waals surface area contributed by atoms with E-state index < -0.39 is 16.9 Å². The number of hydrogen-bond donors (Lipinski definition) is 4. The zero-order valence-corrected chi connectivity index (χ0v) is 12.8. The number of anilines is 1. The summed E-state index contributed by atoms with van der Waals surface area (Å²) in [6.45, 7) is 0. The van der Waals surface area contributed by atoms with Crippen molar-refractivity contribution in [1.29, 1.82) is 0 Å². The zero-order chi connectivity index (χ0) is 18.1. The molecule has 2 aromatic carbocycles. The number of carbonyl (C=O) groups is 2. The van der Waals surface area contributed by atoms with Gasteiger partial charge < -0.3 is 16.5 Å². The number of fused-ring (bicyclic) bond motifs is 1. The Morgan fingerprint density at radius 1 is 1.08 bits per heavy atom. The molecule has 0 radical (unpaired) electrons. The maximum atomic E-state index is 11.7. The van der Waals surface area contributed by atoms with Crippen molar-refractivity contribution in [3.05, 3.63) is 58.1 Å². The van der Waals surface area contributed by atoms with Crippen LogP contribution in [-0.4, -0.2) is 21.8 Å². The summed E-state index contributed by atoms with van der Waals surface area (Å²) in [6, 6.07) is 10.4. The van der Waals surface area contributed by atoms with Gasteiger partial charge in [0, 0.05) is 23.0 Å². The first-order valence-corrected chi connectivity index (χ1v) is 7.13. The number of nitro benzene ring substituents is 1. The first kappa shape index (κ1) is 16.0. The third kappa shape index (κ3) is 2.98. The van der Waals surface area contributed by atoms with Crippen LogP contribution >= 0.6 is 0 Å². The van der Waals surface area contributed by atoms with E-state index in [4.69, 9.17) is 11.5 Å². The molecule has 3 rings (SSSR count). The molecule has 0 spiro atoms. The van der Waals surface area contributed by atoms with Crippen LogP contribution in [0.2, 0.25) is 0 Å². The molecule has 9 nitrogen and oxygen atoms in total. The Labute approximate surface area is 140 Å². The van der Waals surface area contributed by atoms with Gasteiger partial charge in [-0.2, -0.15) is 0 Å². The highest BCUT2D eigenvalue weighted by Crippen LogP contribution is 2.31. The second-order valence-corrected chi connectivity index (χ2v) is 5.30. The monoisotopic (exact) mass is 339 g/mol. The second kappa shape index (κ2) is 5.96. The van der Waals surface area contributed by atoms with Gasteiger partial charge in [0.05, 0.1) is 10.5 Å². The number of nitro groups is 1. The number of rotatable bonds is 4. The van der Waals surface area contributed by atoms with Crippen molar-refractivity contribution >= 4 is 34.3 Å². The summed E-state index contributed by atoms with van der Waals surface area (Å²) in [6.07, 6.45) is 0. The summed E-state index contributed by atoms with van der Waals surface area (Å²) in [7, 11) is 0. The number of amides is 3. The Morgan fingerprint density at radius 3 is 2.44 bits per heavy atom. The van der Waals surface area contributed by atoms with Gasteiger partial charge in [0.1, 0.15) is 5.82 Å². The van der Waals surface area contributed by atoms with Crippen molar-refractivity contribution in [2.75, 3.05) is 5.32 Å². The molecule has 0 saturated heterocycles. The molecule has 6 N–H and O–H groups in total. The van der Waals surface area contributed by atoms with Gasteiger partial charge in [0.15, 0.2) is 0 Å². The third-order valence-corrected chi connectivity index (χ3v) is 3.68. The molecule has 3 amide bonds. The number of benzene rings is 2. The molecule has 0 aliphatic rings. The molecule has 0 fully saturated rings. The lowest BCUT2D eigenvalue weighted by Gasteiger charge is -2.02. The Bertz CT molecular complexity index is 1020. The summed E-state index contributed by atoms with van der Waals surface area (Å²) in [5.41, 5.74) is 12.4. The van der Waals surface area contributed by atoms with E-state index in [1.165, 1.54) is 12.1 Å². The number of non-ortho nitro benzene ring substituents is 1. The van der Waals surface area contributed by atoms with Gasteiger partial charge in [0.2, 0.25) is 0 Å². The fourth-order valence-electron chi connectivity index (χ4n) is 2.65. The largest absolute Gasteiger partial charge is 0.365 e. The van der Waals surface area contributed by atoms with Gasteiger partial charge in [-0.25, -0.2) is 4.79 Å². The van der Waals surface area contributed by atoms with Crippen LogP contribution in [-0.2, 0) is 0 Å².